The van der Waals surface area contributed by atoms with Crippen LogP contribution < -0.4 is 0 Å². The molecule has 3 heterocycles. The quantitative estimate of drug-likeness (QED) is 0.740. The van der Waals surface area contributed by atoms with Gasteiger partial charge in [0.15, 0.2) is 0 Å². The van der Waals surface area contributed by atoms with E-state index in [1.807, 2.05) is 36.4 Å². The molecule has 0 fully saturated rings. The summed E-state index contributed by atoms with van der Waals surface area (Å²) in [4.78, 5) is 12.8. The Bertz CT molecular complexity index is 732. The second kappa shape index (κ2) is 5.71. The van der Waals surface area contributed by atoms with Crippen molar-refractivity contribution in [1.29, 1.82) is 0 Å². The number of hydrogen-bond acceptors (Lipinski definition) is 4. The van der Waals surface area contributed by atoms with E-state index in [1.54, 1.807) is 30.6 Å². The fourth-order valence-corrected chi connectivity index (χ4v) is 2.70. The van der Waals surface area contributed by atoms with Crippen LogP contribution >= 0.6 is 0 Å². The van der Waals surface area contributed by atoms with Crippen LogP contribution in [0.3, 0.4) is 0 Å². The third kappa shape index (κ3) is 2.62. The van der Waals surface area contributed by atoms with Crippen molar-refractivity contribution in [2.24, 2.45) is 0 Å². The molecule has 3 aromatic rings. The minimum Gasteiger partial charge on any atom is -0.255 e. The molecule has 0 aliphatic heterocycles. The van der Waals surface area contributed by atoms with Crippen LogP contribution in [-0.2, 0) is 10.8 Å². The zero-order chi connectivity index (χ0) is 13.8. The van der Waals surface area contributed by atoms with Gasteiger partial charge in [-0.1, -0.05) is 18.2 Å². The molecule has 5 heteroatoms. The molecule has 3 aromatic heterocycles. The third-order valence-electron chi connectivity index (χ3n) is 2.67. The molecule has 0 saturated carbocycles. The third-order valence-corrected chi connectivity index (χ3v) is 3.90. The van der Waals surface area contributed by atoms with Gasteiger partial charge in [-0.05, 0) is 36.4 Å². The van der Waals surface area contributed by atoms with Gasteiger partial charge in [0.2, 0.25) is 0 Å². The first kappa shape index (κ1) is 12.6. The van der Waals surface area contributed by atoms with E-state index < -0.39 is 10.8 Å². The molecule has 0 spiro atoms. The van der Waals surface area contributed by atoms with Crippen LogP contribution in [0.25, 0.3) is 11.4 Å². The number of pyridine rings is 3. The molecular weight excluding hydrogens is 270 g/mol. The van der Waals surface area contributed by atoms with Crippen molar-refractivity contribution in [3.05, 3.63) is 67.0 Å². The van der Waals surface area contributed by atoms with Crippen molar-refractivity contribution in [1.82, 2.24) is 15.0 Å². The summed E-state index contributed by atoms with van der Waals surface area (Å²) in [7, 11) is -1.38. The Labute approximate surface area is 119 Å². The number of aromatic nitrogens is 3. The highest BCUT2D eigenvalue weighted by Crippen LogP contribution is 2.17. The van der Waals surface area contributed by atoms with Gasteiger partial charge in [-0.15, -0.1) is 0 Å². The van der Waals surface area contributed by atoms with Gasteiger partial charge in [0.05, 0.1) is 11.4 Å². The van der Waals surface area contributed by atoms with E-state index in [0.29, 0.717) is 15.7 Å². The summed E-state index contributed by atoms with van der Waals surface area (Å²) in [5.74, 6) is 0. The van der Waals surface area contributed by atoms with Gasteiger partial charge in [-0.2, -0.15) is 0 Å². The van der Waals surface area contributed by atoms with Crippen molar-refractivity contribution in [3.8, 4) is 11.4 Å². The Morgan fingerprint density at radius 2 is 1.40 bits per heavy atom. The van der Waals surface area contributed by atoms with E-state index in [0.717, 1.165) is 5.69 Å². The summed E-state index contributed by atoms with van der Waals surface area (Å²) in [6, 6.07) is 16.3. The van der Waals surface area contributed by atoms with Gasteiger partial charge in [0.25, 0.3) is 0 Å². The summed E-state index contributed by atoms with van der Waals surface area (Å²) < 4.78 is 12.4. The SMILES string of the molecule is O=S(c1ccccn1)c1cccc(-c2ccccn2)n1. The van der Waals surface area contributed by atoms with Crippen molar-refractivity contribution < 1.29 is 4.21 Å². The first-order chi connectivity index (χ1) is 9.84. The molecule has 0 radical (unpaired) electrons. The van der Waals surface area contributed by atoms with Crippen LogP contribution in [0, 0.1) is 0 Å². The molecule has 1 atom stereocenters. The Hall–Kier alpha value is -2.40. The van der Waals surface area contributed by atoms with E-state index in [-0.39, 0.29) is 0 Å². The minimum absolute atomic E-state index is 0.479. The predicted octanol–water partition coefficient (Wildman–Crippen LogP) is 2.71. The molecule has 4 nitrogen and oxygen atoms in total. The summed E-state index contributed by atoms with van der Waals surface area (Å²) in [5, 5.41) is 0.977. The highest BCUT2D eigenvalue weighted by molar-refractivity contribution is 7.84. The highest BCUT2D eigenvalue weighted by Gasteiger charge is 2.11. The molecule has 0 aliphatic rings. The van der Waals surface area contributed by atoms with Crippen LogP contribution in [0.2, 0.25) is 0 Å². The highest BCUT2D eigenvalue weighted by atomic mass is 32.2. The minimum atomic E-state index is -1.38. The largest absolute Gasteiger partial charge is 0.255 e. The summed E-state index contributed by atoms with van der Waals surface area (Å²) in [5.41, 5.74) is 1.46. The van der Waals surface area contributed by atoms with Gasteiger partial charge in [-0.3, -0.25) is 4.98 Å². The Balaban J connectivity index is 1.98. The maximum atomic E-state index is 12.4. The normalized spacial score (nSPS) is 12.0. The summed E-state index contributed by atoms with van der Waals surface area (Å²) >= 11 is 0. The number of rotatable bonds is 3. The van der Waals surface area contributed by atoms with Crippen molar-refractivity contribution in [3.63, 3.8) is 0 Å². The molecule has 0 N–H and O–H groups in total. The standard InChI is InChI=1S/C15H11N3OS/c19-20(14-8-2-4-11-17-14)15-9-5-7-13(18-15)12-6-1-3-10-16-12/h1-11H. The maximum absolute atomic E-state index is 12.4. The second-order valence-electron chi connectivity index (χ2n) is 4.01. The lowest BCUT2D eigenvalue weighted by atomic mass is 10.2. The van der Waals surface area contributed by atoms with Gasteiger partial charge in [0, 0.05) is 12.4 Å². The van der Waals surface area contributed by atoms with Crippen molar-refractivity contribution >= 4 is 10.8 Å². The lowest BCUT2D eigenvalue weighted by Gasteiger charge is -2.03. The molecule has 0 aromatic carbocycles. The first-order valence-electron chi connectivity index (χ1n) is 6.06. The average molecular weight is 281 g/mol. The fraction of sp³-hybridized carbons (Fsp3) is 0. The van der Waals surface area contributed by atoms with Crippen molar-refractivity contribution in [2.45, 2.75) is 10.1 Å². The zero-order valence-corrected chi connectivity index (χ0v) is 11.3. The lowest BCUT2D eigenvalue weighted by Crippen LogP contribution is -1.99. The summed E-state index contributed by atoms with van der Waals surface area (Å²) in [6.07, 6.45) is 3.33. The Kier molecular flexibility index (Phi) is 3.60. The molecule has 98 valence electrons. The van der Waals surface area contributed by atoms with E-state index in [9.17, 15) is 4.21 Å². The van der Waals surface area contributed by atoms with Crippen LogP contribution in [0.4, 0.5) is 0 Å². The number of hydrogen-bond donors (Lipinski definition) is 0. The molecule has 0 aliphatic carbocycles. The van der Waals surface area contributed by atoms with Gasteiger partial charge in [-0.25, -0.2) is 14.2 Å². The molecule has 20 heavy (non-hydrogen) atoms. The van der Waals surface area contributed by atoms with Crippen molar-refractivity contribution in [2.75, 3.05) is 0 Å². The maximum Gasteiger partial charge on any atom is 0.134 e. The molecule has 0 amide bonds. The lowest BCUT2D eigenvalue weighted by molar-refractivity contribution is 0.677. The smallest absolute Gasteiger partial charge is 0.134 e. The fourth-order valence-electron chi connectivity index (χ4n) is 1.74. The predicted molar refractivity (Wildman–Crippen MR) is 76.4 cm³/mol. The van der Waals surface area contributed by atoms with E-state index in [4.69, 9.17) is 0 Å². The van der Waals surface area contributed by atoms with Crippen LogP contribution in [0.15, 0.2) is 77.0 Å². The molecule has 1 unspecified atom stereocenters. The van der Waals surface area contributed by atoms with Crippen LogP contribution in [0.5, 0.6) is 0 Å². The average Bonchev–Trinajstić information content (AvgIpc) is 2.56. The monoisotopic (exact) mass is 281 g/mol. The number of nitrogens with zero attached hydrogens (tertiary/aromatic N) is 3. The Morgan fingerprint density at radius 3 is 2.10 bits per heavy atom. The first-order valence-corrected chi connectivity index (χ1v) is 7.21. The molecule has 3 rings (SSSR count). The molecule has 0 bridgehead atoms. The van der Waals surface area contributed by atoms with Crippen LogP contribution in [-0.4, -0.2) is 19.2 Å². The van der Waals surface area contributed by atoms with E-state index in [1.165, 1.54) is 0 Å². The zero-order valence-electron chi connectivity index (χ0n) is 10.5. The second-order valence-corrected chi connectivity index (χ2v) is 5.39. The van der Waals surface area contributed by atoms with Gasteiger partial charge >= 0.3 is 0 Å². The van der Waals surface area contributed by atoms with E-state index in [2.05, 4.69) is 15.0 Å². The topological polar surface area (TPSA) is 55.7 Å². The Morgan fingerprint density at radius 1 is 0.700 bits per heavy atom. The summed E-state index contributed by atoms with van der Waals surface area (Å²) in [6.45, 7) is 0. The van der Waals surface area contributed by atoms with Gasteiger partial charge < -0.3 is 0 Å². The van der Waals surface area contributed by atoms with Crippen LogP contribution in [0.1, 0.15) is 0 Å². The van der Waals surface area contributed by atoms with Gasteiger partial charge in [0.1, 0.15) is 20.9 Å². The van der Waals surface area contributed by atoms with E-state index >= 15 is 0 Å². The molecule has 0 saturated heterocycles. The molecular formula is C15H11N3OS.